The molecule has 0 fully saturated rings. The molecule has 1 amide bonds. The Kier molecular flexibility index (Phi) is 5.81. The van der Waals surface area contributed by atoms with Crippen molar-refractivity contribution < 1.29 is 19.4 Å². The number of carboxylic acids is 1. The average molecular weight is 266 g/mol. The molecule has 6 nitrogen and oxygen atoms in total. The Hall–Kier alpha value is -2.08. The van der Waals surface area contributed by atoms with Crippen molar-refractivity contribution in [3.63, 3.8) is 0 Å². The summed E-state index contributed by atoms with van der Waals surface area (Å²) in [6.45, 7) is 0.795. The van der Waals surface area contributed by atoms with Gasteiger partial charge in [0.05, 0.1) is 20.1 Å². The monoisotopic (exact) mass is 266 g/mol. The predicted molar refractivity (Wildman–Crippen MR) is 69.7 cm³/mol. The highest BCUT2D eigenvalue weighted by atomic mass is 16.5. The number of methoxy groups -OCH3 is 1. The van der Waals surface area contributed by atoms with E-state index >= 15 is 0 Å². The second kappa shape index (κ2) is 7.38. The molecule has 0 spiro atoms. The number of rotatable bonds is 8. The lowest BCUT2D eigenvalue weighted by atomic mass is 10.2. The van der Waals surface area contributed by atoms with Crippen LogP contribution >= 0.6 is 0 Å². The van der Waals surface area contributed by atoms with Gasteiger partial charge in [-0.2, -0.15) is 0 Å². The van der Waals surface area contributed by atoms with Gasteiger partial charge in [-0.25, -0.2) is 0 Å². The van der Waals surface area contributed by atoms with Crippen LogP contribution in [0.1, 0.15) is 12.0 Å². The minimum Gasteiger partial charge on any atom is -0.497 e. The summed E-state index contributed by atoms with van der Waals surface area (Å²) in [5, 5.41) is 8.67. The number of ether oxygens (including phenoxy) is 1. The van der Waals surface area contributed by atoms with E-state index in [1.807, 2.05) is 24.3 Å². The van der Waals surface area contributed by atoms with E-state index < -0.39 is 11.9 Å². The highest BCUT2D eigenvalue weighted by Crippen LogP contribution is 2.13. The van der Waals surface area contributed by atoms with Gasteiger partial charge in [-0.15, -0.1) is 0 Å². The third kappa shape index (κ3) is 5.87. The van der Waals surface area contributed by atoms with Crippen LogP contribution in [0, 0.1) is 0 Å². The van der Waals surface area contributed by atoms with Crippen LogP contribution in [0.2, 0.25) is 0 Å². The molecule has 1 aromatic rings. The van der Waals surface area contributed by atoms with Gasteiger partial charge in [0.15, 0.2) is 0 Å². The van der Waals surface area contributed by atoms with E-state index in [2.05, 4.69) is 0 Å². The van der Waals surface area contributed by atoms with Gasteiger partial charge in [-0.1, -0.05) is 12.1 Å². The van der Waals surface area contributed by atoms with Crippen LogP contribution in [0.3, 0.4) is 0 Å². The molecular weight excluding hydrogens is 248 g/mol. The number of primary amides is 1. The van der Waals surface area contributed by atoms with Crippen LogP contribution in [0.25, 0.3) is 0 Å². The molecule has 1 rings (SSSR count). The Morgan fingerprint density at radius 3 is 2.42 bits per heavy atom. The predicted octanol–water partition coefficient (Wildman–Crippen LogP) is 0.457. The highest BCUT2D eigenvalue weighted by Gasteiger charge is 2.11. The Balaban J connectivity index is 2.63. The van der Waals surface area contributed by atoms with E-state index in [0.717, 1.165) is 11.3 Å². The SMILES string of the molecule is COc1ccc(CN(CCC(=O)O)CC(N)=O)cc1. The summed E-state index contributed by atoms with van der Waals surface area (Å²) >= 11 is 0. The fourth-order valence-electron chi connectivity index (χ4n) is 1.68. The second-order valence-electron chi connectivity index (χ2n) is 4.17. The summed E-state index contributed by atoms with van der Waals surface area (Å²) in [5.41, 5.74) is 6.12. The number of amides is 1. The number of carbonyl (C=O) groups excluding carboxylic acids is 1. The molecule has 0 unspecified atom stereocenters. The van der Waals surface area contributed by atoms with Gasteiger partial charge in [0, 0.05) is 13.1 Å². The van der Waals surface area contributed by atoms with E-state index in [-0.39, 0.29) is 19.5 Å². The fourth-order valence-corrected chi connectivity index (χ4v) is 1.68. The standard InChI is InChI=1S/C13H18N2O4/c1-19-11-4-2-10(3-5-11)8-15(9-12(14)16)7-6-13(17)18/h2-5H,6-9H2,1H3,(H2,14,16)(H,17,18). The van der Waals surface area contributed by atoms with E-state index in [0.29, 0.717) is 6.54 Å². The molecular formula is C13H18N2O4. The summed E-state index contributed by atoms with van der Waals surface area (Å²) < 4.78 is 5.05. The van der Waals surface area contributed by atoms with Gasteiger partial charge in [0.1, 0.15) is 5.75 Å². The Morgan fingerprint density at radius 2 is 1.95 bits per heavy atom. The van der Waals surface area contributed by atoms with Crippen molar-refractivity contribution in [1.82, 2.24) is 4.90 Å². The third-order valence-electron chi connectivity index (χ3n) is 2.59. The lowest BCUT2D eigenvalue weighted by molar-refractivity contribution is -0.137. The molecule has 0 aliphatic rings. The zero-order valence-electron chi connectivity index (χ0n) is 10.8. The van der Waals surface area contributed by atoms with Crippen molar-refractivity contribution in [2.45, 2.75) is 13.0 Å². The van der Waals surface area contributed by atoms with Crippen molar-refractivity contribution in [2.24, 2.45) is 5.73 Å². The molecule has 0 saturated heterocycles. The number of hydrogen-bond acceptors (Lipinski definition) is 4. The number of carbonyl (C=O) groups is 2. The number of hydrogen-bond donors (Lipinski definition) is 2. The van der Waals surface area contributed by atoms with Gasteiger partial charge in [-0.3, -0.25) is 14.5 Å². The van der Waals surface area contributed by atoms with E-state index in [1.165, 1.54) is 0 Å². The second-order valence-corrected chi connectivity index (χ2v) is 4.17. The van der Waals surface area contributed by atoms with E-state index in [9.17, 15) is 9.59 Å². The maximum Gasteiger partial charge on any atom is 0.304 e. The van der Waals surface area contributed by atoms with E-state index in [1.54, 1.807) is 12.0 Å². The van der Waals surface area contributed by atoms with Crippen molar-refractivity contribution in [3.05, 3.63) is 29.8 Å². The molecule has 1 aromatic carbocycles. The van der Waals surface area contributed by atoms with Gasteiger partial charge in [0.2, 0.25) is 5.91 Å². The number of aliphatic carboxylic acids is 1. The van der Waals surface area contributed by atoms with Crippen LogP contribution in [0.4, 0.5) is 0 Å². The zero-order chi connectivity index (χ0) is 14.3. The molecule has 0 aliphatic heterocycles. The molecule has 0 aromatic heterocycles. The van der Waals surface area contributed by atoms with Gasteiger partial charge >= 0.3 is 5.97 Å². The summed E-state index contributed by atoms with van der Waals surface area (Å²) in [6, 6.07) is 7.37. The Bertz CT molecular complexity index is 431. The average Bonchev–Trinajstić information content (AvgIpc) is 2.36. The molecule has 0 heterocycles. The first-order valence-electron chi connectivity index (χ1n) is 5.86. The summed E-state index contributed by atoms with van der Waals surface area (Å²) in [5.74, 6) is -0.626. The van der Waals surface area contributed by atoms with Crippen LogP contribution < -0.4 is 10.5 Å². The molecule has 0 bridgehead atoms. The first kappa shape index (κ1) is 15.0. The molecule has 0 saturated carbocycles. The fraction of sp³-hybridized carbons (Fsp3) is 0.385. The summed E-state index contributed by atoms with van der Waals surface area (Å²) in [4.78, 5) is 23.2. The van der Waals surface area contributed by atoms with Gasteiger partial charge < -0.3 is 15.6 Å². The van der Waals surface area contributed by atoms with Crippen LogP contribution in [0.15, 0.2) is 24.3 Å². The molecule has 19 heavy (non-hydrogen) atoms. The molecule has 104 valence electrons. The smallest absolute Gasteiger partial charge is 0.304 e. The van der Waals surface area contributed by atoms with Crippen LogP contribution in [0.5, 0.6) is 5.75 Å². The van der Waals surface area contributed by atoms with Crippen molar-refractivity contribution >= 4 is 11.9 Å². The molecule has 0 atom stereocenters. The Morgan fingerprint density at radius 1 is 1.32 bits per heavy atom. The molecule has 6 heteroatoms. The lowest BCUT2D eigenvalue weighted by Crippen LogP contribution is -2.34. The molecule has 3 N–H and O–H groups in total. The Labute approximate surface area is 111 Å². The number of nitrogens with two attached hydrogens (primary N) is 1. The van der Waals surface area contributed by atoms with Crippen molar-refractivity contribution in [3.8, 4) is 5.75 Å². The topological polar surface area (TPSA) is 92.9 Å². The first-order valence-corrected chi connectivity index (χ1v) is 5.86. The van der Waals surface area contributed by atoms with Crippen molar-refractivity contribution in [2.75, 3.05) is 20.2 Å². The minimum atomic E-state index is -0.899. The minimum absolute atomic E-state index is 0.0244. The summed E-state index contributed by atoms with van der Waals surface area (Å²) in [7, 11) is 1.58. The highest BCUT2D eigenvalue weighted by molar-refractivity contribution is 5.76. The van der Waals surface area contributed by atoms with Gasteiger partial charge in [0.25, 0.3) is 0 Å². The summed E-state index contributed by atoms with van der Waals surface area (Å²) in [6.07, 6.45) is -0.0244. The maximum atomic E-state index is 11.0. The molecule has 0 aliphatic carbocycles. The van der Waals surface area contributed by atoms with Gasteiger partial charge in [-0.05, 0) is 17.7 Å². The number of benzene rings is 1. The maximum absolute atomic E-state index is 11.0. The zero-order valence-corrected chi connectivity index (χ0v) is 10.8. The van der Waals surface area contributed by atoms with Crippen molar-refractivity contribution in [1.29, 1.82) is 0 Å². The third-order valence-corrected chi connectivity index (χ3v) is 2.59. The quantitative estimate of drug-likeness (QED) is 0.713. The lowest BCUT2D eigenvalue weighted by Gasteiger charge is -2.19. The van der Waals surface area contributed by atoms with Crippen LogP contribution in [-0.2, 0) is 16.1 Å². The van der Waals surface area contributed by atoms with Crippen LogP contribution in [-0.4, -0.2) is 42.1 Å². The normalized spacial score (nSPS) is 10.4. The largest absolute Gasteiger partial charge is 0.497 e. The number of nitrogens with zero attached hydrogens (tertiary/aromatic N) is 1. The van der Waals surface area contributed by atoms with E-state index in [4.69, 9.17) is 15.6 Å². The number of carboxylic acid groups (broad SMARTS) is 1. The molecule has 0 radical (unpaired) electrons. The first-order chi connectivity index (χ1) is 9.01.